The summed E-state index contributed by atoms with van der Waals surface area (Å²) in [5, 5.41) is 0. The van der Waals surface area contributed by atoms with Crippen LogP contribution in [0.1, 0.15) is 69.5 Å². The van der Waals surface area contributed by atoms with Gasteiger partial charge >= 0.3 is 0 Å². The van der Waals surface area contributed by atoms with Crippen molar-refractivity contribution in [2.45, 2.75) is 71.3 Å². The zero-order valence-corrected chi connectivity index (χ0v) is 10.8. The Morgan fingerprint density at radius 2 is 1.69 bits per heavy atom. The Hall–Kier alpha value is -0.720. The van der Waals surface area contributed by atoms with Crippen molar-refractivity contribution < 1.29 is 0 Å². The second kappa shape index (κ2) is 5.56. The van der Waals surface area contributed by atoms with Crippen molar-refractivity contribution in [2.24, 2.45) is 0 Å². The highest BCUT2D eigenvalue weighted by Crippen LogP contribution is 2.21. The molecule has 0 saturated heterocycles. The molecular weight excluding hydrogens is 194 g/mol. The smallest absolute Gasteiger partial charge is 0.0222 e. The summed E-state index contributed by atoms with van der Waals surface area (Å²) >= 11 is 0. The normalized spacial score (nSPS) is 18.4. The molecule has 16 heavy (non-hydrogen) atoms. The van der Waals surface area contributed by atoms with Crippen LogP contribution in [-0.2, 0) is 13.0 Å². The first-order chi connectivity index (χ1) is 7.77. The van der Waals surface area contributed by atoms with E-state index >= 15 is 0 Å². The summed E-state index contributed by atoms with van der Waals surface area (Å²) in [6.45, 7) is 5.82. The Labute approximate surface area is 99.9 Å². The lowest BCUT2D eigenvalue weighted by Crippen LogP contribution is -2.03. The summed E-state index contributed by atoms with van der Waals surface area (Å²) in [6.07, 6.45) is 12.1. The van der Waals surface area contributed by atoms with Gasteiger partial charge in [-0.1, -0.05) is 39.5 Å². The van der Waals surface area contributed by atoms with Gasteiger partial charge in [0.05, 0.1) is 0 Å². The van der Waals surface area contributed by atoms with E-state index in [1.165, 1.54) is 57.1 Å². The number of rotatable bonds is 1. The van der Waals surface area contributed by atoms with Crippen molar-refractivity contribution in [1.29, 1.82) is 0 Å². The molecule has 0 aromatic carbocycles. The Morgan fingerprint density at radius 3 is 2.44 bits per heavy atom. The first-order valence-corrected chi connectivity index (χ1v) is 6.96. The summed E-state index contributed by atoms with van der Waals surface area (Å²) < 4.78 is 2.51. The second-order valence-corrected chi connectivity index (χ2v) is 5.48. The minimum atomic E-state index is 0.671. The molecule has 1 heteroatoms. The van der Waals surface area contributed by atoms with Gasteiger partial charge < -0.3 is 4.57 Å². The van der Waals surface area contributed by atoms with Crippen molar-refractivity contribution in [3.63, 3.8) is 0 Å². The topological polar surface area (TPSA) is 4.93 Å². The maximum absolute atomic E-state index is 2.51. The molecule has 1 nitrogen and oxygen atoms in total. The molecule has 1 aliphatic rings. The summed E-state index contributed by atoms with van der Waals surface area (Å²) in [5.74, 6) is 0.671. The second-order valence-electron chi connectivity index (χ2n) is 5.48. The van der Waals surface area contributed by atoms with Gasteiger partial charge in [0, 0.05) is 18.4 Å². The fourth-order valence-corrected chi connectivity index (χ4v) is 2.61. The van der Waals surface area contributed by atoms with Gasteiger partial charge in [-0.15, -0.1) is 0 Å². The molecule has 0 amide bonds. The molecule has 0 saturated carbocycles. The molecule has 1 aromatic rings. The maximum Gasteiger partial charge on any atom is 0.0222 e. The van der Waals surface area contributed by atoms with Gasteiger partial charge in [0.1, 0.15) is 0 Å². The third-order valence-corrected chi connectivity index (χ3v) is 3.76. The van der Waals surface area contributed by atoms with E-state index in [-0.39, 0.29) is 0 Å². The third-order valence-electron chi connectivity index (χ3n) is 3.76. The fourth-order valence-electron chi connectivity index (χ4n) is 2.61. The minimum Gasteiger partial charge on any atom is -0.351 e. The Balaban J connectivity index is 2.13. The predicted molar refractivity (Wildman–Crippen MR) is 69.9 cm³/mol. The highest BCUT2D eigenvalue weighted by Gasteiger charge is 2.09. The summed E-state index contributed by atoms with van der Waals surface area (Å²) in [7, 11) is 0. The zero-order chi connectivity index (χ0) is 11.4. The Kier molecular flexibility index (Phi) is 4.09. The van der Waals surface area contributed by atoms with Gasteiger partial charge in [-0.3, -0.25) is 0 Å². The monoisotopic (exact) mass is 219 g/mol. The molecule has 2 heterocycles. The molecule has 0 unspecified atom stereocenters. The number of hydrogen-bond donors (Lipinski definition) is 0. The van der Waals surface area contributed by atoms with Crippen LogP contribution in [0, 0.1) is 0 Å². The molecule has 0 radical (unpaired) electrons. The van der Waals surface area contributed by atoms with Crippen LogP contribution in [0.4, 0.5) is 0 Å². The molecule has 2 rings (SSSR count). The van der Waals surface area contributed by atoms with Gasteiger partial charge in [0.25, 0.3) is 0 Å². The molecule has 0 atom stereocenters. The summed E-state index contributed by atoms with van der Waals surface area (Å²) in [4.78, 5) is 0. The van der Waals surface area contributed by atoms with Crippen LogP contribution in [0.3, 0.4) is 0 Å². The van der Waals surface area contributed by atoms with Crippen LogP contribution in [-0.4, -0.2) is 4.57 Å². The zero-order valence-electron chi connectivity index (χ0n) is 10.8. The van der Waals surface area contributed by atoms with E-state index in [2.05, 4.69) is 30.7 Å². The lowest BCUT2D eigenvalue weighted by molar-refractivity contribution is 0.518. The molecule has 0 aliphatic carbocycles. The average molecular weight is 219 g/mol. The van der Waals surface area contributed by atoms with E-state index in [1.54, 1.807) is 5.69 Å². The van der Waals surface area contributed by atoms with Crippen molar-refractivity contribution >= 4 is 0 Å². The molecular formula is C15H25N. The van der Waals surface area contributed by atoms with Crippen molar-refractivity contribution in [3.05, 3.63) is 23.5 Å². The molecule has 1 aromatic heterocycles. The van der Waals surface area contributed by atoms with E-state index in [0.717, 1.165) is 0 Å². The fraction of sp³-hybridized carbons (Fsp3) is 0.733. The molecule has 0 bridgehead atoms. The van der Waals surface area contributed by atoms with Gasteiger partial charge in [-0.2, -0.15) is 0 Å². The SMILES string of the molecule is CC(C)c1cc2n(c1)CCCCCCCC2. The third kappa shape index (κ3) is 2.90. The van der Waals surface area contributed by atoms with E-state index < -0.39 is 0 Å². The van der Waals surface area contributed by atoms with Crippen LogP contribution < -0.4 is 0 Å². The van der Waals surface area contributed by atoms with Gasteiger partial charge in [-0.25, -0.2) is 0 Å². The number of nitrogens with zero attached hydrogens (tertiary/aromatic N) is 1. The average Bonchev–Trinajstić information content (AvgIpc) is 2.67. The lowest BCUT2D eigenvalue weighted by Gasteiger charge is -2.11. The summed E-state index contributed by atoms with van der Waals surface area (Å²) in [5.41, 5.74) is 3.10. The molecule has 0 spiro atoms. The number of hydrogen-bond acceptors (Lipinski definition) is 0. The predicted octanol–water partition coefficient (Wildman–Crippen LogP) is 4.51. The molecule has 90 valence electrons. The highest BCUT2D eigenvalue weighted by atomic mass is 15.0. The first kappa shape index (κ1) is 11.8. The first-order valence-electron chi connectivity index (χ1n) is 6.96. The van der Waals surface area contributed by atoms with Crippen LogP contribution in [0.15, 0.2) is 12.3 Å². The van der Waals surface area contributed by atoms with E-state index in [9.17, 15) is 0 Å². The number of fused-ring (bicyclic) bond motifs is 1. The largest absolute Gasteiger partial charge is 0.351 e. The van der Waals surface area contributed by atoms with E-state index in [1.807, 2.05) is 0 Å². The van der Waals surface area contributed by atoms with Crippen LogP contribution in [0.25, 0.3) is 0 Å². The van der Waals surface area contributed by atoms with E-state index in [0.29, 0.717) is 5.92 Å². The standard InChI is InChI=1S/C15H25N/c1-13(2)14-11-15-9-7-5-3-4-6-8-10-16(15)12-14/h11-13H,3-10H2,1-2H3. The quantitative estimate of drug-likeness (QED) is 0.655. The number of aryl methyl sites for hydroxylation is 2. The maximum atomic E-state index is 2.51. The van der Waals surface area contributed by atoms with Crippen LogP contribution >= 0.6 is 0 Å². The molecule has 0 N–H and O–H groups in total. The van der Waals surface area contributed by atoms with Crippen molar-refractivity contribution in [1.82, 2.24) is 4.57 Å². The Bertz CT molecular complexity index is 295. The Morgan fingerprint density at radius 1 is 1.00 bits per heavy atom. The van der Waals surface area contributed by atoms with Crippen LogP contribution in [0.5, 0.6) is 0 Å². The minimum absolute atomic E-state index is 0.671. The van der Waals surface area contributed by atoms with E-state index in [4.69, 9.17) is 0 Å². The van der Waals surface area contributed by atoms with Crippen LogP contribution in [0.2, 0.25) is 0 Å². The van der Waals surface area contributed by atoms with Crippen molar-refractivity contribution in [2.75, 3.05) is 0 Å². The highest BCUT2D eigenvalue weighted by molar-refractivity contribution is 5.22. The summed E-state index contributed by atoms with van der Waals surface area (Å²) in [6, 6.07) is 2.44. The lowest BCUT2D eigenvalue weighted by atomic mass is 10.0. The van der Waals surface area contributed by atoms with Crippen molar-refractivity contribution in [3.8, 4) is 0 Å². The van der Waals surface area contributed by atoms with Gasteiger partial charge in [0.2, 0.25) is 0 Å². The molecule has 1 aliphatic heterocycles. The number of aromatic nitrogens is 1. The van der Waals surface area contributed by atoms with Gasteiger partial charge in [-0.05, 0) is 36.8 Å². The van der Waals surface area contributed by atoms with Gasteiger partial charge in [0.15, 0.2) is 0 Å². The molecule has 0 fully saturated rings.